The molecule has 3 aromatic heterocycles. The summed E-state index contributed by atoms with van der Waals surface area (Å²) in [5.74, 6) is 1.91. The number of esters is 1. The number of hydrogen-bond acceptors (Lipinski definition) is 14. The van der Waals surface area contributed by atoms with Crippen LogP contribution < -0.4 is 19.0 Å². The molecule has 22 heteroatoms. The van der Waals surface area contributed by atoms with Crippen LogP contribution in [0.3, 0.4) is 0 Å². The topological polar surface area (TPSA) is 182 Å². The molecule has 18 nitrogen and oxygen atoms in total. The number of piperidine rings is 3. The summed E-state index contributed by atoms with van der Waals surface area (Å²) in [6.45, 7) is 10.5. The first kappa shape index (κ1) is 60.9. The molecule has 3 amide bonds. The monoisotopic (exact) mass is 1280 g/mol. The molecule has 0 N–H and O–H groups in total. The number of ether oxygens (including phenoxy) is 2. The fraction of sp³-hybridized carbons (Fsp3) is 0.448. The normalized spacial score (nSPS) is 20.3. The molecular weight excluding hydrogens is 1210 g/mol. The van der Waals surface area contributed by atoms with Crippen LogP contribution in [0.2, 0.25) is 15.1 Å². The van der Waals surface area contributed by atoms with Crippen LogP contribution in [0.15, 0.2) is 110 Å². The summed E-state index contributed by atoms with van der Waals surface area (Å²) >= 11 is 19.6. The minimum absolute atomic E-state index is 0.00415. The molecule has 9 aliphatic rings. The average molecular weight is 1280 g/mol. The highest BCUT2D eigenvalue weighted by molar-refractivity contribution is 7.92. The Morgan fingerprint density at radius 3 is 1.34 bits per heavy atom. The van der Waals surface area contributed by atoms with Gasteiger partial charge in [-0.3, -0.25) is 18.7 Å². The van der Waals surface area contributed by atoms with Crippen LogP contribution in [-0.2, 0) is 42.7 Å². The average Bonchev–Trinajstić information content (AvgIpc) is 2.22. The fourth-order valence-electron chi connectivity index (χ4n) is 14.8. The highest BCUT2D eigenvalue weighted by Gasteiger charge is 2.49. The van der Waals surface area contributed by atoms with E-state index in [1.807, 2.05) is 57.2 Å². The van der Waals surface area contributed by atoms with Gasteiger partial charge in [-0.15, -0.1) is 0 Å². The van der Waals surface area contributed by atoms with Crippen molar-refractivity contribution in [2.24, 2.45) is 0 Å². The summed E-state index contributed by atoms with van der Waals surface area (Å²) in [6.07, 6.45) is 17.3. The van der Waals surface area contributed by atoms with Crippen molar-refractivity contribution in [2.75, 3.05) is 110 Å². The van der Waals surface area contributed by atoms with E-state index < -0.39 is 15.6 Å². The van der Waals surface area contributed by atoms with Gasteiger partial charge in [0.15, 0.2) is 0 Å². The SMILES string of the molecule is CS(=O)(=O)N1CC2(CCN(c3ncc(C(=O)N4CCCC4)cc3Cl)CC2)c2ccccc21.O=C(c1cnc(N2CCC3(CC2)OCc2ccccc23)c(Cl)c1)N1CCCC1.O=C1OC2(CCN(c3ncc(C(=O)N4CCCC4)cc3Cl)CC2)c2ccccc21. The number of carbonyl (C=O) groups excluding carboxylic acids is 4. The lowest BCUT2D eigenvalue weighted by Crippen LogP contribution is -2.46. The van der Waals surface area contributed by atoms with Gasteiger partial charge in [0.05, 0.1) is 61.5 Å². The molecule has 3 spiro atoms. The molecule has 466 valence electrons. The van der Waals surface area contributed by atoms with Crippen LogP contribution in [0.4, 0.5) is 23.1 Å². The number of anilines is 4. The number of rotatable bonds is 7. The van der Waals surface area contributed by atoms with E-state index in [0.717, 1.165) is 152 Å². The number of fused-ring (bicyclic) bond motifs is 6. The molecular formula is C67H73Cl3N10O8S. The Morgan fingerprint density at radius 2 is 0.888 bits per heavy atom. The number of amides is 3. The van der Waals surface area contributed by atoms with E-state index in [0.29, 0.717) is 88.0 Å². The maximum absolute atomic E-state index is 12.6. The standard InChI is InChI=1S/C23H27ClN4O3S.C22H22ClN3O3.C22H24ClN3O2/c1-32(30,31)28-16-23(18-6-2-3-7-20(18)28)8-12-26(13-9-23)21-19(24)14-17(15-25-21)22(29)27-10-4-5-11-27;23-18-13-15(20(27)26-9-3-4-10-26)14-24-19(18)25-11-7-22(8-12-25)17-6-2-1-5-16(17)21(28)29-22;23-19-13-17(21(27)26-9-3-4-10-26)14-24-20(19)25-11-7-22(8-12-25)18-6-2-1-5-16(18)15-28-22/h2-3,6-7,14-15H,4-5,8-13,16H2,1H3;1-2,5-6,13-14H,3-4,7-12H2;1-2,5-6,13-14H,3-4,7-12,15H2. The zero-order valence-electron chi connectivity index (χ0n) is 50.1. The number of carbonyl (C=O) groups is 4. The quantitative estimate of drug-likeness (QED) is 0.138. The maximum atomic E-state index is 12.6. The van der Waals surface area contributed by atoms with Crippen LogP contribution in [0.25, 0.3) is 0 Å². The molecule has 0 radical (unpaired) electrons. The molecule has 89 heavy (non-hydrogen) atoms. The molecule has 12 heterocycles. The minimum Gasteiger partial charge on any atom is -0.450 e. The van der Waals surface area contributed by atoms with E-state index in [4.69, 9.17) is 44.3 Å². The van der Waals surface area contributed by atoms with Crippen molar-refractivity contribution < 1.29 is 37.1 Å². The first-order valence-corrected chi connectivity index (χ1v) is 34.2. The molecule has 6 fully saturated rings. The number of para-hydroxylation sites is 1. The molecule has 15 rings (SSSR count). The van der Waals surface area contributed by atoms with Crippen LogP contribution in [0.1, 0.15) is 141 Å². The van der Waals surface area contributed by atoms with E-state index in [2.05, 4.69) is 60.0 Å². The van der Waals surface area contributed by atoms with E-state index in [9.17, 15) is 27.6 Å². The second-order valence-electron chi connectivity index (χ2n) is 25.0. The summed E-state index contributed by atoms with van der Waals surface area (Å²) in [5, 5.41) is 1.51. The lowest BCUT2D eigenvalue weighted by Gasteiger charge is -2.40. The van der Waals surface area contributed by atoms with Crippen molar-refractivity contribution in [2.45, 2.75) is 100 Å². The van der Waals surface area contributed by atoms with Crippen LogP contribution in [-0.4, -0.2) is 153 Å². The van der Waals surface area contributed by atoms with Gasteiger partial charge in [-0.25, -0.2) is 28.2 Å². The molecule has 6 aromatic rings. The van der Waals surface area contributed by atoms with E-state index in [-0.39, 0.29) is 34.7 Å². The van der Waals surface area contributed by atoms with Crippen molar-refractivity contribution in [1.82, 2.24) is 29.7 Å². The number of likely N-dealkylation sites (tertiary alicyclic amines) is 3. The summed E-state index contributed by atoms with van der Waals surface area (Å²) in [5.41, 5.74) is 6.91. The van der Waals surface area contributed by atoms with Gasteiger partial charge >= 0.3 is 5.97 Å². The predicted molar refractivity (Wildman–Crippen MR) is 344 cm³/mol. The van der Waals surface area contributed by atoms with Crippen molar-refractivity contribution in [3.8, 4) is 0 Å². The molecule has 0 aliphatic carbocycles. The summed E-state index contributed by atoms with van der Waals surface area (Å²) in [6, 6.07) is 29.2. The third-order valence-electron chi connectivity index (χ3n) is 19.7. The predicted octanol–water partition coefficient (Wildman–Crippen LogP) is 10.9. The Hall–Kier alpha value is -7.03. The smallest absolute Gasteiger partial charge is 0.339 e. The lowest BCUT2D eigenvalue weighted by molar-refractivity contribution is -0.0552. The molecule has 3 aromatic carbocycles. The maximum Gasteiger partial charge on any atom is 0.339 e. The number of benzene rings is 3. The number of pyridine rings is 3. The van der Waals surface area contributed by atoms with Gasteiger partial charge in [0.2, 0.25) is 10.0 Å². The van der Waals surface area contributed by atoms with Crippen molar-refractivity contribution in [1.29, 1.82) is 0 Å². The van der Waals surface area contributed by atoms with E-state index in [1.54, 1.807) is 41.1 Å². The number of hydrogen-bond donors (Lipinski definition) is 0. The van der Waals surface area contributed by atoms with Gasteiger partial charge in [0.25, 0.3) is 17.7 Å². The van der Waals surface area contributed by atoms with Gasteiger partial charge in [-0.05, 0) is 111 Å². The van der Waals surface area contributed by atoms with Crippen molar-refractivity contribution in [3.05, 3.63) is 169 Å². The Balaban J connectivity index is 0.000000123. The third kappa shape index (κ3) is 11.9. The Labute approximate surface area is 535 Å². The van der Waals surface area contributed by atoms with Crippen molar-refractivity contribution >= 4 is 91.7 Å². The molecule has 6 saturated heterocycles. The molecule has 0 saturated carbocycles. The van der Waals surface area contributed by atoms with Gasteiger partial charge in [0, 0.05) is 127 Å². The molecule has 0 bridgehead atoms. The van der Waals surface area contributed by atoms with E-state index in [1.165, 1.54) is 17.4 Å². The van der Waals surface area contributed by atoms with Gasteiger partial charge < -0.3 is 38.9 Å². The van der Waals surface area contributed by atoms with Gasteiger partial charge in [0.1, 0.15) is 23.1 Å². The second-order valence-corrected chi connectivity index (χ2v) is 28.1. The highest BCUT2D eigenvalue weighted by atomic mass is 35.5. The third-order valence-corrected chi connectivity index (χ3v) is 21.6. The number of nitrogens with zero attached hydrogens (tertiary/aromatic N) is 10. The Bertz CT molecular complexity index is 3810. The zero-order chi connectivity index (χ0) is 61.7. The summed E-state index contributed by atoms with van der Waals surface area (Å²) < 4.78 is 38.4. The summed E-state index contributed by atoms with van der Waals surface area (Å²) in [4.78, 5) is 75.7. The largest absolute Gasteiger partial charge is 0.450 e. The Kier molecular flexibility index (Phi) is 17.1. The lowest BCUT2D eigenvalue weighted by atomic mass is 9.74. The van der Waals surface area contributed by atoms with Crippen LogP contribution >= 0.6 is 34.8 Å². The van der Waals surface area contributed by atoms with Gasteiger partial charge in [-0.2, -0.15) is 0 Å². The number of halogens is 3. The molecule has 9 aliphatic heterocycles. The molecule has 0 unspecified atom stereocenters. The van der Waals surface area contributed by atoms with Crippen molar-refractivity contribution in [3.63, 3.8) is 0 Å². The second kappa shape index (κ2) is 25.0. The highest BCUT2D eigenvalue weighted by Crippen LogP contribution is 2.50. The molecule has 0 atom stereocenters. The van der Waals surface area contributed by atoms with Crippen LogP contribution in [0, 0.1) is 0 Å². The van der Waals surface area contributed by atoms with E-state index >= 15 is 0 Å². The first-order valence-electron chi connectivity index (χ1n) is 31.2. The zero-order valence-corrected chi connectivity index (χ0v) is 53.1. The minimum atomic E-state index is -3.33. The summed E-state index contributed by atoms with van der Waals surface area (Å²) in [7, 11) is -3.33. The fourth-order valence-corrected chi connectivity index (χ4v) is 16.6. The first-order chi connectivity index (χ1) is 43.0. The van der Waals surface area contributed by atoms with Gasteiger partial charge in [-0.1, -0.05) is 95.5 Å². The number of sulfonamides is 1. The number of aromatic nitrogens is 3. The Morgan fingerprint density at radius 1 is 0.494 bits per heavy atom. The van der Waals surface area contributed by atoms with Crippen LogP contribution in [0.5, 0.6) is 0 Å².